The van der Waals surface area contributed by atoms with Crippen LogP contribution in [0.25, 0.3) is 0 Å². The third kappa shape index (κ3) is 5.46. The molecule has 3 aromatic carbocycles. The second kappa shape index (κ2) is 10.1. The number of nitrogens with one attached hydrogen (secondary N) is 1. The van der Waals surface area contributed by atoms with Gasteiger partial charge in [0, 0.05) is 34.2 Å². The van der Waals surface area contributed by atoms with Gasteiger partial charge in [-0.2, -0.15) is 0 Å². The fraction of sp³-hybridized carbons (Fsp3) is 0.125. The number of hydrogen-bond acceptors (Lipinski definition) is 7. The summed E-state index contributed by atoms with van der Waals surface area (Å²) in [6.07, 6.45) is 1.52. The molecule has 0 bridgehead atoms. The maximum Gasteiger partial charge on any atom is 0.284 e. The summed E-state index contributed by atoms with van der Waals surface area (Å²) >= 11 is 2.76. The van der Waals surface area contributed by atoms with Crippen molar-refractivity contribution < 1.29 is 9.72 Å². The van der Waals surface area contributed by atoms with E-state index >= 15 is 0 Å². The summed E-state index contributed by atoms with van der Waals surface area (Å²) in [5, 5.41) is 22.6. The van der Waals surface area contributed by atoms with Crippen LogP contribution in [0.3, 0.4) is 0 Å². The van der Waals surface area contributed by atoms with E-state index in [4.69, 9.17) is 0 Å². The van der Waals surface area contributed by atoms with E-state index < -0.39 is 10.8 Å². The first kappa shape index (κ1) is 23.5. The minimum atomic E-state index is -0.506. The van der Waals surface area contributed by atoms with Crippen molar-refractivity contribution in [2.75, 3.05) is 5.32 Å². The fourth-order valence-corrected chi connectivity index (χ4v) is 4.84. The van der Waals surface area contributed by atoms with Crippen molar-refractivity contribution in [3.63, 3.8) is 0 Å². The van der Waals surface area contributed by atoms with Gasteiger partial charge in [0.2, 0.25) is 0 Å². The Labute approximate surface area is 204 Å². The first-order valence-corrected chi connectivity index (χ1v) is 11.9. The Balaban J connectivity index is 1.46. The molecule has 1 aromatic heterocycles. The van der Waals surface area contributed by atoms with Gasteiger partial charge < -0.3 is 9.88 Å². The van der Waals surface area contributed by atoms with Gasteiger partial charge >= 0.3 is 0 Å². The molecule has 0 radical (unpaired) electrons. The fourth-order valence-electron chi connectivity index (χ4n) is 3.07. The van der Waals surface area contributed by atoms with E-state index in [1.165, 1.54) is 23.5 Å². The largest absolute Gasteiger partial charge is 0.322 e. The van der Waals surface area contributed by atoms with Gasteiger partial charge in [0.25, 0.3) is 11.6 Å². The Morgan fingerprint density at radius 1 is 0.971 bits per heavy atom. The monoisotopic (exact) mass is 491 g/mol. The predicted octanol–water partition coefficient (Wildman–Crippen LogP) is 5.89. The normalized spacial score (nSPS) is 10.8. The third-order valence-corrected chi connectivity index (χ3v) is 7.23. The number of nitro groups is 1. The molecule has 0 aliphatic heterocycles. The number of carbonyl (C=O) groups is 1. The molecule has 0 unspecified atom stereocenters. The highest BCUT2D eigenvalue weighted by Crippen LogP contribution is 2.34. The molecular weight excluding hydrogens is 470 g/mol. The molecule has 0 spiro atoms. The average Bonchev–Trinajstić information content (AvgIpc) is 3.22. The minimum absolute atomic E-state index is 0.166. The minimum Gasteiger partial charge on any atom is -0.322 e. The van der Waals surface area contributed by atoms with E-state index in [2.05, 4.69) is 47.6 Å². The van der Waals surface area contributed by atoms with E-state index in [9.17, 15) is 14.9 Å². The Hall–Kier alpha value is -3.63. The Morgan fingerprint density at radius 3 is 2.35 bits per heavy atom. The summed E-state index contributed by atoms with van der Waals surface area (Å²) in [5.74, 6) is -0.423. The second-order valence-electron chi connectivity index (χ2n) is 7.59. The van der Waals surface area contributed by atoms with Crippen LogP contribution in [0, 0.1) is 24.0 Å². The molecule has 0 saturated heterocycles. The molecule has 0 fully saturated rings. The van der Waals surface area contributed by atoms with Gasteiger partial charge in [0.1, 0.15) is 6.33 Å². The summed E-state index contributed by atoms with van der Waals surface area (Å²) in [6.45, 7) is 4.17. The lowest BCUT2D eigenvalue weighted by atomic mass is 10.1. The molecule has 0 saturated carbocycles. The lowest BCUT2D eigenvalue weighted by molar-refractivity contribution is -0.387. The number of benzene rings is 3. The number of anilines is 1. The molecule has 34 heavy (non-hydrogen) atoms. The Morgan fingerprint density at radius 2 is 1.71 bits per heavy atom. The number of carbonyl (C=O) groups excluding carboxylic acids is 1. The van der Waals surface area contributed by atoms with Gasteiger partial charge in [-0.25, -0.2) is 0 Å². The molecular formula is C24H21N5O3S2. The lowest BCUT2D eigenvalue weighted by Gasteiger charge is -2.09. The van der Waals surface area contributed by atoms with Crippen molar-refractivity contribution in [1.29, 1.82) is 0 Å². The zero-order valence-electron chi connectivity index (χ0n) is 18.7. The van der Waals surface area contributed by atoms with Gasteiger partial charge in [0.05, 0.1) is 9.82 Å². The molecule has 4 aromatic rings. The van der Waals surface area contributed by atoms with Crippen LogP contribution in [-0.2, 0) is 7.05 Å². The summed E-state index contributed by atoms with van der Waals surface area (Å²) in [7, 11) is 1.75. The molecule has 8 nitrogen and oxygen atoms in total. The zero-order chi connectivity index (χ0) is 24.2. The van der Waals surface area contributed by atoms with Crippen LogP contribution in [-0.4, -0.2) is 25.6 Å². The summed E-state index contributed by atoms with van der Waals surface area (Å²) in [4.78, 5) is 26.4. The molecule has 1 heterocycles. The molecule has 4 rings (SSSR count). The van der Waals surface area contributed by atoms with Gasteiger partial charge in [-0.3, -0.25) is 14.9 Å². The Kier molecular flexibility index (Phi) is 6.99. The number of amides is 1. The average molecular weight is 492 g/mol. The second-order valence-corrected chi connectivity index (χ2v) is 9.75. The molecule has 0 atom stereocenters. The van der Waals surface area contributed by atoms with Crippen molar-refractivity contribution in [3.05, 3.63) is 93.8 Å². The summed E-state index contributed by atoms with van der Waals surface area (Å²) < 4.78 is 1.66. The number of rotatable bonds is 7. The molecule has 0 aliphatic rings. The van der Waals surface area contributed by atoms with Crippen molar-refractivity contribution in [1.82, 2.24) is 14.8 Å². The quantitative estimate of drug-likeness (QED) is 0.254. The van der Waals surface area contributed by atoms with Gasteiger partial charge in [-0.1, -0.05) is 17.8 Å². The van der Waals surface area contributed by atoms with E-state index in [0.717, 1.165) is 21.6 Å². The van der Waals surface area contributed by atoms with E-state index in [-0.39, 0.29) is 11.3 Å². The maximum atomic E-state index is 12.7. The van der Waals surface area contributed by atoms with E-state index in [1.54, 1.807) is 35.5 Å². The van der Waals surface area contributed by atoms with Crippen LogP contribution >= 0.6 is 23.5 Å². The predicted molar refractivity (Wildman–Crippen MR) is 133 cm³/mol. The highest BCUT2D eigenvalue weighted by Gasteiger charge is 2.20. The lowest BCUT2D eigenvalue weighted by Crippen LogP contribution is -2.12. The van der Waals surface area contributed by atoms with Crippen LogP contribution in [0.15, 0.2) is 86.8 Å². The van der Waals surface area contributed by atoms with Crippen LogP contribution in [0.5, 0.6) is 0 Å². The first-order chi connectivity index (χ1) is 16.3. The maximum absolute atomic E-state index is 12.7. The van der Waals surface area contributed by atoms with Crippen LogP contribution in [0.4, 0.5) is 11.4 Å². The van der Waals surface area contributed by atoms with Gasteiger partial charge in [0.15, 0.2) is 5.16 Å². The van der Waals surface area contributed by atoms with Gasteiger partial charge in [-0.15, -0.1) is 10.2 Å². The highest BCUT2D eigenvalue weighted by molar-refractivity contribution is 7.99. The van der Waals surface area contributed by atoms with Crippen molar-refractivity contribution in [2.24, 2.45) is 7.05 Å². The summed E-state index contributed by atoms with van der Waals surface area (Å²) in [6, 6.07) is 18.2. The van der Waals surface area contributed by atoms with Crippen LogP contribution < -0.4 is 5.32 Å². The highest BCUT2D eigenvalue weighted by atomic mass is 32.2. The number of aryl methyl sites for hydroxylation is 3. The van der Waals surface area contributed by atoms with Crippen molar-refractivity contribution in [2.45, 2.75) is 33.7 Å². The van der Waals surface area contributed by atoms with Crippen molar-refractivity contribution in [3.8, 4) is 0 Å². The number of nitrogens with zero attached hydrogens (tertiary/aromatic N) is 4. The smallest absolute Gasteiger partial charge is 0.284 e. The van der Waals surface area contributed by atoms with Crippen molar-refractivity contribution >= 4 is 40.8 Å². The summed E-state index contributed by atoms with van der Waals surface area (Å²) in [5.41, 5.74) is 3.13. The standard InChI is InChI=1S/C24H21N5O3S2/c1-15-4-8-20(12-16(15)2)33-19-9-6-18(7-10-19)26-23(30)17-5-11-22(21(13-17)29(31)32)34-24-27-25-14-28(24)3/h4-14H,1-3H3,(H,26,30). The van der Waals surface area contributed by atoms with E-state index in [0.29, 0.717) is 15.7 Å². The zero-order valence-corrected chi connectivity index (χ0v) is 20.3. The van der Waals surface area contributed by atoms with E-state index in [1.807, 2.05) is 24.3 Å². The number of nitro benzene ring substituents is 1. The molecule has 1 amide bonds. The first-order valence-electron chi connectivity index (χ1n) is 10.3. The molecule has 1 N–H and O–H groups in total. The number of hydrogen-bond donors (Lipinski definition) is 1. The molecule has 10 heteroatoms. The van der Waals surface area contributed by atoms with Crippen LogP contribution in [0.1, 0.15) is 21.5 Å². The van der Waals surface area contributed by atoms with Gasteiger partial charge in [-0.05, 0) is 85.3 Å². The number of aromatic nitrogens is 3. The Bertz CT molecular complexity index is 1370. The molecule has 0 aliphatic carbocycles. The topological polar surface area (TPSA) is 103 Å². The van der Waals surface area contributed by atoms with Crippen LogP contribution in [0.2, 0.25) is 0 Å². The third-order valence-electron chi connectivity index (χ3n) is 5.12. The molecule has 172 valence electrons. The SMILES string of the molecule is Cc1ccc(Sc2ccc(NC(=O)c3ccc(Sc4nncn4C)c([N+](=O)[O-])c3)cc2)cc1C.